The molecule has 9 heteroatoms. The number of anilines is 1. The van der Waals surface area contributed by atoms with Crippen LogP contribution in [-0.2, 0) is 14.8 Å². The van der Waals surface area contributed by atoms with Crippen LogP contribution in [0.5, 0.6) is 0 Å². The zero-order valence-electron chi connectivity index (χ0n) is 10.5. The minimum Gasteiger partial charge on any atom is -0.480 e. The van der Waals surface area contributed by atoms with E-state index >= 15 is 0 Å². The molecular formula is C11H12N4O4S. The molecule has 1 aromatic heterocycles. The van der Waals surface area contributed by atoms with Gasteiger partial charge in [0.1, 0.15) is 0 Å². The Balaban J connectivity index is 2.38. The molecule has 0 spiro atoms. The SMILES string of the molecule is CC(C(=O)O)S(=O)(=O)Nc1ccccc1-n1ccnn1. The fourth-order valence-electron chi connectivity index (χ4n) is 1.47. The van der Waals surface area contributed by atoms with Gasteiger partial charge < -0.3 is 5.11 Å². The molecule has 1 aromatic carbocycles. The molecule has 0 fully saturated rings. The van der Waals surface area contributed by atoms with Gasteiger partial charge in [0.2, 0.25) is 10.0 Å². The summed E-state index contributed by atoms with van der Waals surface area (Å²) in [5.74, 6) is -1.42. The molecule has 1 unspecified atom stereocenters. The fraction of sp³-hybridized carbons (Fsp3) is 0.182. The molecule has 20 heavy (non-hydrogen) atoms. The molecule has 0 radical (unpaired) electrons. The number of hydrogen-bond acceptors (Lipinski definition) is 5. The predicted octanol–water partition coefficient (Wildman–Crippen LogP) is 0.482. The number of carbonyl (C=O) groups is 1. The first-order valence-corrected chi connectivity index (χ1v) is 7.16. The first kappa shape index (κ1) is 14.0. The monoisotopic (exact) mass is 296 g/mol. The normalized spacial score (nSPS) is 12.8. The van der Waals surface area contributed by atoms with Gasteiger partial charge in [0.05, 0.1) is 23.8 Å². The van der Waals surface area contributed by atoms with E-state index in [0.717, 1.165) is 6.92 Å². The highest BCUT2D eigenvalue weighted by Crippen LogP contribution is 2.21. The van der Waals surface area contributed by atoms with Gasteiger partial charge >= 0.3 is 5.97 Å². The number of rotatable bonds is 5. The van der Waals surface area contributed by atoms with E-state index in [0.29, 0.717) is 5.69 Å². The number of nitrogens with one attached hydrogen (secondary N) is 1. The van der Waals surface area contributed by atoms with Gasteiger partial charge in [-0.2, -0.15) is 0 Å². The zero-order chi connectivity index (χ0) is 14.8. The Morgan fingerprint density at radius 3 is 2.70 bits per heavy atom. The summed E-state index contributed by atoms with van der Waals surface area (Å²) >= 11 is 0. The summed E-state index contributed by atoms with van der Waals surface area (Å²) in [5, 5.41) is 14.7. The third kappa shape index (κ3) is 2.77. The van der Waals surface area contributed by atoms with Crippen molar-refractivity contribution < 1.29 is 18.3 Å². The van der Waals surface area contributed by atoms with Crippen molar-refractivity contribution in [1.82, 2.24) is 15.0 Å². The van der Waals surface area contributed by atoms with Gasteiger partial charge in [0, 0.05) is 0 Å². The highest BCUT2D eigenvalue weighted by Gasteiger charge is 2.28. The standard InChI is InChI=1S/C11H12N4O4S/c1-8(11(16)17)20(18,19)13-9-4-2-3-5-10(9)15-7-6-12-14-15/h2-8,13H,1H3,(H,16,17). The predicted molar refractivity (Wildman–Crippen MR) is 71.0 cm³/mol. The average Bonchev–Trinajstić information content (AvgIpc) is 2.91. The van der Waals surface area contributed by atoms with Crippen LogP contribution in [0.15, 0.2) is 36.7 Å². The molecule has 0 amide bonds. The van der Waals surface area contributed by atoms with Crippen molar-refractivity contribution in [1.29, 1.82) is 0 Å². The van der Waals surface area contributed by atoms with Crippen LogP contribution in [-0.4, -0.2) is 39.7 Å². The summed E-state index contributed by atoms with van der Waals surface area (Å²) in [6.07, 6.45) is 3.00. The van der Waals surface area contributed by atoms with Gasteiger partial charge in [-0.25, -0.2) is 13.1 Å². The van der Waals surface area contributed by atoms with Crippen LogP contribution < -0.4 is 4.72 Å². The highest BCUT2D eigenvalue weighted by molar-refractivity contribution is 7.94. The number of nitrogens with zero attached hydrogens (tertiary/aromatic N) is 3. The topological polar surface area (TPSA) is 114 Å². The molecule has 0 aliphatic carbocycles. The first-order chi connectivity index (χ1) is 9.42. The lowest BCUT2D eigenvalue weighted by Crippen LogP contribution is -2.32. The molecule has 8 nitrogen and oxygen atoms in total. The summed E-state index contributed by atoms with van der Waals surface area (Å²) in [7, 11) is -4.04. The van der Waals surface area contributed by atoms with Crippen LogP contribution in [0.2, 0.25) is 0 Å². The van der Waals surface area contributed by atoms with E-state index in [1.165, 1.54) is 16.9 Å². The molecule has 0 aliphatic rings. The van der Waals surface area contributed by atoms with E-state index < -0.39 is 21.2 Å². The van der Waals surface area contributed by atoms with Crippen molar-refractivity contribution in [3.63, 3.8) is 0 Å². The van der Waals surface area contributed by atoms with Crippen LogP contribution in [0, 0.1) is 0 Å². The number of benzene rings is 1. The second-order valence-electron chi connectivity index (χ2n) is 3.99. The van der Waals surface area contributed by atoms with Gasteiger partial charge in [0.25, 0.3) is 0 Å². The molecular weight excluding hydrogens is 284 g/mol. The summed E-state index contributed by atoms with van der Waals surface area (Å²) in [5.41, 5.74) is 0.678. The largest absolute Gasteiger partial charge is 0.480 e. The van der Waals surface area contributed by atoms with E-state index in [9.17, 15) is 13.2 Å². The second-order valence-corrected chi connectivity index (χ2v) is 5.99. The van der Waals surface area contributed by atoms with Crippen LogP contribution in [0.1, 0.15) is 6.92 Å². The highest BCUT2D eigenvalue weighted by atomic mass is 32.2. The third-order valence-electron chi connectivity index (χ3n) is 2.64. The number of carboxylic acids is 1. The molecule has 1 atom stereocenters. The quantitative estimate of drug-likeness (QED) is 0.829. The van der Waals surface area contributed by atoms with Gasteiger partial charge in [-0.3, -0.25) is 9.52 Å². The molecule has 0 saturated heterocycles. The van der Waals surface area contributed by atoms with Crippen molar-refractivity contribution in [2.24, 2.45) is 0 Å². The van der Waals surface area contributed by atoms with Crippen LogP contribution in [0.4, 0.5) is 5.69 Å². The van der Waals surface area contributed by atoms with Crippen LogP contribution in [0.3, 0.4) is 0 Å². The Hall–Kier alpha value is -2.42. The fourth-order valence-corrected chi connectivity index (χ4v) is 2.39. The lowest BCUT2D eigenvalue weighted by atomic mass is 10.3. The van der Waals surface area contributed by atoms with E-state index in [1.54, 1.807) is 24.4 Å². The number of carboxylic acid groups (broad SMARTS) is 1. The first-order valence-electron chi connectivity index (χ1n) is 5.62. The smallest absolute Gasteiger partial charge is 0.323 e. The van der Waals surface area contributed by atoms with Gasteiger partial charge in [-0.15, -0.1) is 5.10 Å². The Bertz CT molecular complexity index is 712. The lowest BCUT2D eigenvalue weighted by Gasteiger charge is -2.14. The van der Waals surface area contributed by atoms with E-state index in [4.69, 9.17) is 5.11 Å². The molecule has 2 rings (SSSR count). The van der Waals surface area contributed by atoms with Crippen LogP contribution in [0.25, 0.3) is 5.69 Å². The summed E-state index contributed by atoms with van der Waals surface area (Å²) in [6, 6.07) is 6.49. The van der Waals surface area contributed by atoms with Crippen LogP contribution >= 0.6 is 0 Å². The third-order valence-corrected chi connectivity index (χ3v) is 4.28. The number of hydrogen-bond donors (Lipinski definition) is 2. The zero-order valence-corrected chi connectivity index (χ0v) is 11.3. The van der Waals surface area contributed by atoms with Crippen molar-refractivity contribution >= 4 is 21.7 Å². The Morgan fingerprint density at radius 1 is 1.40 bits per heavy atom. The van der Waals surface area contributed by atoms with E-state index in [-0.39, 0.29) is 5.69 Å². The van der Waals surface area contributed by atoms with E-state index in [1.807, 2.05) is 0 Å². The van der Waals surface area contributed by atoms with Crippen molar-refractivity contribution in [3.8, 4) is 5.69 Å². The second kappa shape index (κ2) is 5.29. The summed E-state index contributed by atoms with van der Waals surface area (Å²) in [4.78, 5) is 10.8. The maximum absolute atomic E-state index is 11.9. The van der Waals surface area contributed by atoms with E-state index in [2.05, 4.69) is 15.0 Å². The maximum Gasteiger partial charge on any atom is 0.323 e. The minimum absolute atomic E-state index is 0.228. The van der Waals surface area contributed by atoms with Gasteiger partial charge in [0.15, 0.2) is 5.25 Å². The van der Waals surface area contributed by atoms with Crippen molar-refractivity contribution in [3.05, 3.63) is 36.7 Å². The molecule has 2 aromatic rings. The molecule has 2 N–H and O–H groups in total. The Labute approximate surface area is 115 Å². The molecule has 0 bridgehead atoms. The molecule has 106 valence electrons. The molecule has 0 aliphatic heterocycles. The maximum atomic E-state index is 11.9. The Kier molecular flexibility index (Phi) is 3.70. The average molecular weight is 296 g/mol. The van der Waals surface area contributed by atoms with Crippen molar-refractivity contribution in [2.75, 3.05) is 4.72 Å². The van der Waals surface area contributed by atoms with Gasteiger partial charge in [-0.05, 0) is 19.1 Å². The summed E-state index contributed by atoms with van der Waals surface area (Å²) < 4.78 is 27.5. The number of para-hydroxylation sites is 2. The number of aromatic nitrogens is 3. The number of sulfonamides is 1. The minimum atomic E-state index is -4.04. The summed E-state index contributed by atoms with van der Waals surface area (Å²) in [6.45, 7) is 1.10. The Morgan fingerprint density at radius 2 is 2.10 bits per heavy atom. The van der Waals surface area contributed by atoms with Crippen molar-refractivity contribution in [2.45, 2.75) is 12.2 Å². The lowest BCUT2D eigenvalue weighted by molar-refractivity contribution is -0.136. The van der Waals surface area contributed by atoms with Gasteiger partial charge in [-0.1, -0.05) is 17.3 Å². The molecule has 1 heterocycles. The number of aliphatic carboxylic acids is 1. The molecule has 0 saturated carbocycles.